The number of urea groups is 1. The Bertz CT molecular complexity index is 1260. The highest BCUT2D eigenvalue weighted by atomic mass is 16.2. The second kappa shape index (κ2) is 7.22. The maximum atomic E-state index is 13.8. The van der Waals surface area contributed by atoms with E-state index in [1.54, 1.807) is 36.1 Å². The first-order valence-electron chi connectivity index (χ1n) is 11.0. The van der Waals surface area contributed by atoms with Crippen LogP contribution < -0.4 is 10.2 Å². The first-order valence-corrected chi connectivity index (χ1v) is 11.0. The summed E-state index contributed by atoms with van der Waals surface area (Å²) in [5.41, 5.74) is 2.54. The number of hydrogen-bond acceptors (Lipinski definition) is 3. The molecule has 2 atom stereocenters. The number of anilines is 1. The molecule has 7 nitrogen and oxygen atoms in total. The van der Waals surface area contributed by atoms with E-state index >= 15 is 0 Å². The second-order valence-corrected chi connectivity index (χ2v) is 8.75. The Balaban J connectivity index is 1.55. The zero-order valence-electron chi connectivity index (χ0n) is 18.4. The number of aromatic amines is 1. The maximum Gasteiger partial charge on any atom is 0.332 e. The summed E-state index contributed by atoms with van der Waals surface area (Å²) in [6.45, 7) is 6.20. The zero-order valence-corrected chi connectivity index (χ0v) is 18.4. The molecule has 1 saturated heterocycles. The lowest BCUT2D eigenvalue weighted by Crippen LogP contribution is -2.49. The van der Waals surface area contributed by atoms with Crippen LogP contribution in [0.5, 0.6) is 0 Å². The first-order chi connectivity index (χ1) is 15.4. The Morgan fingerprint density at radius 3 is 2.75 bits per heavy atom. The van der Waals surface area contributed by atoms with Crippen molar-refractivity contribution in [2.75, 3.05) is 11.4 Å². The third-order valence-corrected chi connectivity index (χ3v) is 6.82. The van der Waals surface area contributed by atoms with Gasteiger partial charge in [0, 0.05) is 29.1 Å². The molecule has 0 radical (unpaired) electrons. The molecule has 5 rings (SSSR count). The smallest absolute Gasteiger partial charge is 0.332 e. The molecule has 1 fully saturated rings. The topological polar surface area (TPSA) is 85.5 Å². The summed E-state index contributed by atoms with van der Waals surface area (Å²) >= 11 is 0. The third kappa shape index (κ3) is 2.77. The molecule has 4 amide bonds. The third-order valence-electron chi connectivity index (χ3n) is 6.82. The average Bonchev–Trinajstić information content (AvgIpc) is 3.27. The minimum absolute atomic E-state index is 0.0366. The molecule has 0 unspecified atom stereocenters. The van der Waals surface area contributed by atoms with Crippen LogP contribution in [0.2, 0.25) is 0 Å². The molecule has 2 aliphatic heterocycles. The van der Waals surface area contributed by atoms with Gasteiger partial charge < -0.3 is 15.2 Å². The quantitative estimate of drug-likeness (QED) is 0.615. The summed E-state index contributed by atoms with van der Waals surface area (Å²) in [4.78, 5) is 46.0. The first kappa shape index (κ1) is 20.3. The molecule has 0 spiro atoms. The number of imide groups is 1. The van der Waals surface area contributed by atoms with Gasteiger partial charge in [-0.2, -0.15) is 0 Å². The van der Waals surface area contributed by atoms with Gasteiger partial charge in [-0.3, -0.25) is 9.59 Å². The molecular formula is C25H26N4O3. The van der Waals surface area contributed by atoms with Crippen molar-refractivity contribution in [2.24, 2.45) is 0 Å². The summed E-state index contributed by atoms with van der Waals surface area (Å²) in [5.74, 6) is -0.531. The lowest BCUT2D eigenvalue weighted by atomic mass is 9.87. The number of nitrogens with zero attached hydrogens (tertiary/aromatic N) is 2. The van der Waals surface area contributed by atoms with Crippen LogP contribution in [0.1, 0.15) is 48.8 Å². The highest BCUT2D eigenvalue weighted by molar-refractivity contribution is 6.24. The average molecular weight is 431 g/mol. The van der Waals surface area contributed by atoms with Gasteiger partial charge in [0.25, 0.3) is 11.8 Å². The summed E-state index contributed by atoms with van der Waals surface area (Å²) in [7, 11) is 0. The lowest BCUT2D eigenvalue weighted by molar-refractivity contribution is -0.125. The number of nitrogens with one attached hydrogen (secondary N) is 2. The molecular weight excluding hydrogens is 404 g/mol. The molecule has 2 N–H and O–H groups in total. The standard InChI is InChI=1S/C25H26N4O3/c1-4-15(2)26-22(30)16-8-7-9-17(14-16)29-23(31)25(3)21-19(12-13-28(25)24(29)32)18-10-5-6-11-20(18)27-21/h5-11,14-15,27H,4,12-13H2,1-3H3,(H,26,30)/t15-,25-/m0/s1. The van der Waals surface area contributed by atoms with Crippen molar-refractivity contribution in [3.63, 3.8) is 0 Å². The number of H-pyrrole nitrogens is 1. The molecule has 32 heavy (non-hydrogen) atoms. The van der Waals surface area contributed by atoms with Crippen molar-refractivity contribution in [2.45, 2.75) is 45.2 Å². The maximum absolute atomic E-state index is 13.8. The van der Waals surface area contributed by atoms with E-state index in [9.17, 15) is 14.4 Å². The molecule has 3 aromatic rings. The van der Waals surface area contributed by atoms with Crippen molar-refractivity contribution in [1.29, 1.82) is 0 Å². The Kier molecular flexibility index (Phi) is 4.58. The number of fused-ring (bicyclic) bond motifs is 5. The Morgan fingerprint density at radius 1 is 1.19 bits per heavy atom. The van der Waals surface area contributed by atoms with Crippen LogP contribution in [-0.2, 0) is 16.8 Å². The zero-order chi connectivity index (χ0) is 22.6. The fourth-order valence-corrected chi connectivity index (χ4v) is 4.82. The molecule has 0 aliphatic carbocycles. The number of benzene rings is 2. The van der Waals surface area contributed by atoms with Gasteiger partial charge in [-0.15, -0.1) is 0 Å². The minimum atomic E-state index is -1.11. The highest BCUT2D eigenvalue weighted by Crippen LogP contribution is 2.45. The van der Waals surface area contributed by atoms with Crippen LogP contribution in [0, 0.1) is 0 Å². The van der Waals surface area contributed by atoms with E-state index in [0.29, 0.717) is 24.2 Å². The molecule has 3 heterocycles. The summed E-state index contributed by atoms with van der Waals surface area (Å²) in [6, 6.07) is 14.3. The van der Waals surface area contributed by atoms with Gasteiger partial charge in [-0.25, -0.2) is 9.69 Å². The van der Waals surface area contributed by atoms with Gasteiger partial charge in [0.15, 0.2) is 5.54 Å². The molecule has 1 aromatic heterocycles. The van der Waals surface area contributed by atoms with Crippen molar-refractivity contribution in [1.82, 2.24) is 15.2 Å². The summed E-state index contributed by atoms with van der Waals surface area (Å²) in [5, 5.41) is 4.02. The monoisotopic (exact) mass is 430 g/mol. The molecule has 2 aliphatic rings. The van der Waals surface area contributed by atoms with Gasteiger partial charge in [0.2, 0.25) is 0 Å². The Labute approximate surface area is 186 Å². The van der Waals surface area contributed by atoms with E-state index in [-0.39, 0.29) is 23.9 Å². The van der Waals surface area contributed by atoms with Crippen molar-refractivity contribution < 1.29 is 14.4 Å². The van der Waals surface area contributed by atoms with Gasteiger partial charge in [0.05, 0.1) is 11.4 Å². The van der Waals surface area contributed by atoms with E-state index in [1.165, 1.54) is 4.90 Å². The molecule has 7 heteroatoms. The predicted molar refractivity (Wildman–Crippen MR) is 123 cm³/mol. The van der Waals surface area contributed by atoms with E-state index < -0.39 is 5.54 Å². The van der Waals surface area contributed by atoms with E-state index in [1.807, 2.05) is 38.1 Å². The number of carbonyl (C=O) groups is 3. The molecule has 2 aromatic carbocycles. The fraction of sp³-hybridized carbons (Fsp3) is 0.320. The molecule has 0 saturated carbocycles. The second-order valence-electron chi connectivity index (χ2n) is 8.75. The van der Waals surface area contributed by atoms with Gasteiger partial charge >= 0.3 is 6.03 Å². The van der Waals surface area contributed by atoms with E-state index in [0.717, 1.165) is 28.6 Å². The highest BCUT2D eigenvalue weighted by Gasteiger charge is 2.59. The van der Waals surface area contributed by atoms with Gasteiger partial charge in [-0.1, -0.05) is 31.2 Å². The minimum Gasteiger partial charge on any atom is -0.356 e. The number of rotatable bonds is 4. The predicted octanol–water partition coefficient (Wildman–Crippen LogP) is 3.94. The Morgan fingerprint density at radius 2 is 1.97 bits per heavy atom. The lowest BCUT2D eigenvalue weighted by Gasteiger charge is -2.35. The molecule has 0 bridgehead atoms. The molecule has 164 valence electrons. The van der Waals surface area contributed by atoms with Crippen LogP contribution in [0.3, 0.4) is 0 Å². The SMILES string of the molecule is CC[C@H](C)NC(=O)c1cccc(N2C(=O)N3CCc4c([nH]c5ccccc45)[C@@]3(C)C2=O)c1. The van der Waals surface area contributed by atoms with Gasteiger partial charge in [-0.05, 0) is 56.5 Å². The fourth-order valence-electron chi connectivity index (χ4n) is 4.82. The summed E-state index contributed by atoms with van der Waals surface area (Å²) < 4.78 is 0. The van der Waals surface area contributed by atoms with Crippen LogP contribution in [-0.4, -0.2) is 40.3 Å². The summed E-state index contributed by atoms with van der Waals surface area (Å²) in [6.07, 6.45) is 1.49. The van der Waals surface area contributed by atoms with Crippen molar-refractivity contribution >= 4 is 34.4 Å². The number of hydrogen-bond donors (Lipinski definition) is 2. The van der Waals surface area contributed by atoms with Crippen molar-refractivity contribution in [3.05, 3.63) is 65.4 Å². The van der Waals surface area contributed by atoms with Crippen LogP contribution in [0.4, 0.5) is 10.5 Å². The van der Waals surface area contributed by atoms with Crippen molar-refractivity contribution in [3.8, 4) is 0 Å². The largest absolute Gasteiger partial charge is 0.356 e. The van der Waals surface area contributed by atoms with Crippen LogP contribution >= 0.6 is 0 Å². The van der Waals surface area contributed by atoms with Crippen LogP contribution in [0.15, 0.2) is 48.5 Å². The number of para-hydroxylation sites is 1. The van der Waals surface area contributed by atoms with E-state index in [2.05, 4.69) is 10.3 Å². The Hall–Kier alpha value is -3.61. The number of amides is 4. The number of aromatic nitrogens is 1. The number of carbonyl (C=O) groups excluding carboxylic acids is 3. The normalized spacial score (nSPS) is 21.0. The van der Waals surface area contributed by atoms with Crippen LogP contribution in [0.25, 0.3) is 10.9 Å². The van der Waals surface area contributed by atoms with Gasteiger partial charge in [0.1, 0.15) is 0 Å². The van der Waals surface area contributed by atoms with E-state index in [4.69, 9.17) is 0 Å².